The lowest BCUT2D eigenvalue weighted by atomic mass is 10.0. The van der Waals surface area contributed by atoms with Crippen molar-refractivity contribution in [3.8, 4) is 17.2 Å². The zero-order valence-electron chi connectivity index (χ0n) is 10.0. The third kappa shape index (κ3) is 2.46. The molecule has 0 aliphatic rings. The van der Waals surface area contributed by atoms with Crippen LogP contribution in [0.1, 0.15) is 12.5 Å². The van der Waals surface area contributed by atoms with Crippen molar-refractivity contribution in [1.82, 2.24) is 0 Å². The number of benzene rings is 2. The zero-order chi connectivity index (χ0) is 13.0. The van der Waals surface area contributed by atoms with Crippen molar-refractivity contribution in [2.24, 2.45) is 0 Å². The number of rotatable bonds is 2. The molecule has 0 N–H and O–H groups in total. The van der Waals surface area contributed by atoms with Gasteiger partial charge in [-0.3, -0.25) is 0 Å². The standard InChI is InChI=1S/C16H12FN/c1-12(10-11-18)13-6-8-14(9-7-13)15-4-2-3-5-16(15)17/h2-10H,1H3. The van der Waals surface area contributed by atoms with Crippen molar-refractivity contribution >= 4 is 5.57 Å². The van der Waals surface area contributed by atoms with Crippen LogP contribution in [0.25, 0.3) is 16.7 Å². The van der Waals surface area contributed by atoms with Gasteiger partial charge < -0.3 is 0 Å². The first-order chi connectivity index (χ1) is 8.72. The van der Waals surface area contributed by atoms with Crippen LogP contribution in [-0.4, -0.2) is 0 Å². The molecule has 0 fully saturated rings. The fourth-order valence-electron chi connectivity index (χ4n) is 1.79. The van der Waals surface area contributed by atoms with Gasteiger partial charge in [0.05, 0.1) is 6.07 Å². The molecule has 0 saturated heterocycles. The Morgan fingerprint density at radius 2 is 1.78 bits per heavy atom. The average molecular weight is 237 g/mol. The third-order valence-corrected chi connectivity index (χ3v) is 2.81. The first-order valence-corrected chi connectivity index (χ1v) is 5.64. The maximum Gasteiger partial charge on any atom is 0.131 e. The van der Waals surface area contributed by atoms with Crippen LogP contribution in [0.15, 0.2) is 54.6 Å². The Bertz CT molecular complexity index is 618. The number of halogens is 1. The molecule has 0 aromatic heterocycles. The Kier molecular flexibility index (Phi) is 3.54. The van der Waals surface area contributed by atoms with Gasteiger partial charge in [0, 0.05) is 11.6 Å². The SMILES string of the molecule is CC(=CC#N)c1ccc(-c2ccccc2F)cc1. The van der Waals surface area contributed by atoms with Crippen molar-refractivity contribution in [3.63, 3.8) is 0 Å². The average Bonchev–Trinajstić information content (AvgIpc) is 2.40. The predicted octanol–water partition coefficient (Wildman–Crippen LogP) is 4.42. The van der Waals surface area contributed by atoms with Crippen molar-refractivity contribution < 1.29 is 4.39 Å². The summed E-state index contributed by atoms with van der Waals surface area (Å²) in [6.45, 7) is 1.88. The second kappa shape index (κ2) is 5.29. The van der Waals surface area contributed by atoms with Crippen LogP contribution >= 0.6 is 0 Å². The number of hydrogen-bond acceptors (Lipinski definition) is 1. The fourth-order valence-corrected chi connectivity index (χ4v) is 1.79. The smallest absolute Gasteiger partial charge is 0.131 e. The quantitative estimate of drug-likeness (QED) is 0.709. The topological polar surface area (TPSA) is 23.8 Å². The van der Waals surface area contributed by atoms with Crippen LogP contribution in [0.2, 0.25) is 0 Å². The Morgan fingerprint density at radius 3 is 2.39 bits per heavy atom. The molecule has 2 heteroatoms. The number of nitriles is 1. The van der Waals surface area contributed by atoms with E-state index in [0.717, 1.165) is 16.7 Å². The maximum absolute atomic E-state index is 13.6. The number of hydrogen-bond donors (Lipinski definition) is 0. The molecular weight excluding hydrogens is 225 g/mol. The highest BCUT2D eigenvalue weighted by molar-refractivity contribution is 5.70. The second-order valence-electron chi connectivity index (χ2n) is 4.01. The lowest BCUT2D eigenvalue weighted by Crippen LogP contribution is -1.85. The van der Waals surface area contributed by atoms with Crippen molar-refractivity contribution in [1.29, 1.82) is 5.26 Å². The van der Waals surface area contributed by atoms with Crippen LogP contribution in [0.5, 0.6) is 0 Å². The van der Waals surface area contributed by atoms with Gasteiger partial charge in [-0.2, -0.15) is 5.26 Å². The maximum atomic E-state index is 13.6. The molecule has 0 aliphatic carbocycles. The minimum absolute atomic E-state index is 0.227. The zero-order valence-corrected chi connectivity index (χ0v) is 10.0. The summed E-state index contributed by atoms with van der Waals surface area (Å²) in [7, 11) is 0. The number of nitrogens with zero attached hydrogens (tertiary/aromatic N) is 1. The molecule has 0 saturated carbocycles. The summed E-state index contributed by atoms with van der Waals surface area (Å²) in [6.07, 6.45) is 1.50. The van der Waals surface area contributed by atoms with E-state index in [2.05, 4.69) is 0 Å². The molecule has 0 unspecified atom stereocenters. The molecule has 88 valence electrons. The normalized spacial score (nSPS) is 11.1. The lowest BCUT2D eigenvalue weighted by molar-refractivity contribution is 0.631. The third-order valence-electron chi connectivity index (χ3n) is 2.81. The predicted molar refractivity (Wildman–Crippen MR) is 71.1 cm³/mol. The van der Waals surface area contributed by atoms with E-state index in [1.165, 1.54) is 12.1 Å². The Balaban J connectivity index is 2.38. The van der Waals surface area contributed by atoms with Crippen LogP contribution in [-0.2, 0) is 0 Å². The minimum Gasteiger partial charge on any atom is -0.206 e. The largest absolute Gasteiger partial charge is 0.206 e. The second-order valence-corrected chi connectivity index (χ2v) is 4.01. The van der Waals surface area contributed by atoms with Gasteiger partial charge in [-0.15, -0.1) is 0 Å². The highest BCUT2D eigenvalue weighted by Gasteiger charge is 2.03. The van der Waals surface area contributed by atoms with E-state index in [1.54, 1.807) is 12.1 Å². The molecule has 0 radical (unpaired) electrons. The van der Waals surface area contributed by atoms with Crippen LogP contribution in [0.4, 0.5) is 4.39 Å². The van der Waals surface area contributed by atoms with Gasteiger partial charge in [0.1, 0.15) is 5.82 Å². The molecule has 2 aromatic carbocycles. The molecule has 0 bridgehead atoms. The van der Waals surface area contributed by atoms with E-state index >= 15 is 0 Å². The lowest BCUT2D eigenvalue weighted by Gasteiger charge is -2.05. The van der Waals surface area contributed by atoms with Crippen molar-refractivity contribution in [3.05, 3.63) is 66.0 Å². The monoisotopic (exact) mass is 237 g/mol. The van der Waals surface area contributed by atoms with Gasteiger partial charge in [0.25, 0.3) is 0 Å². The van der Waals surface area contributed by atoms with E-state index in [4.69, 9.17) is 5.26 Å². The molecular formula is C16H12FN. The van der Waals surface area contributed by atoms with Crippen LogP contribution in [0.3, 0.4) is 0 Å². The molecule has 0 aliphatic heterocycles. The highest BCUT2D eigenvalue weighted by atomic mass is 19.1. The van der Waals surface area contributed by atoms with E-state index < -0.39 is 0 Å². The molecule has 0 amide bonds. The number of allylic oxidation sites excluding steroid dienone is 2. The van der Waals surface area contributed by atoms with Gasteiger partial charge in [-0.25, -0.2) is 4.39 Å². The first-order valence-electron chi connectivity index (χ1n) is 5.64. The van der Waals surface area contributed by atoms with Crippen LogP contribution < -0.4 is 0 Å². The van der Waals surface area contributed by atoms with E-state index in [0.29, 0.717) is 5.56 Å². The van der Waals surface area contributed by atoms with Gasteiger partial charge in [0.15, 0.2) is 0 Å². The fraction of sp³-hybridized carbons (Fsp3) is 0.0625. The van der Waals surface area contributed by atoms with E-state index in [-0.39, 0.29) is 5.82 Å². The molecule has 2 rings (SSSR count). The summed E-state index contributed by atoms with van der Waals surface area (Å²) in [5.74, 6) is -0.227. The molecule has 2 aromatic rings. The van der Waals surface area contributed by atoms with Crippen LogP contribution in [0, 0.1) is 17.1 Å². The van der Waals surface area contributed by atoms with Gasteiger partial charge >= 0.3 is 0 Å². The first kappa shape index (κ1) is 12.1. The molecule has 0 heterocycles. The molecule has 0 spiro atoms. The summed E-state index contributed by atoms with van der Waals surface area (Å²) in [4.78, 5) is 0. The van der Waals surface area contributed by atoms with Gasteiger partial charge in [-0.05, 0) is 29.7 Å². The minimum atomic E-state index is -0.227. The van der Waals surface area contributed by atoms with Crippen molar-refractivity contribution in [2.75, 3.05) is 0 Å². The van der Waals surface area contributed by atoms with Gasteiger partial charge in [-0.1, -0.05) is 42.5 Å². The Morgan fingerprint density at radius 1 is 1.11 bits per heavy atom. The molecule has 18 heavy (non-hydrogen) atoms. The summed E-state index contributed by atoms with van der Waals surface area (Å²) < 4.78 is 13.6. The highest BCUT2D eigenvalue weighted by Crippen LogP contribution is 2.24. The van der Waals surface area contributed by atoms with E-state index in [9.17, 15) is 4.39 Å². The van der Waals surface area contributed by atoms with E-state index in [1.807, 2.05) is 43.3 Å². The Labute approximate surface area is 106 Å². The summed E-state index contributed by atoms with van der Waals surface area (Å²) in [5, 5.41) is 8.59. The Hall–Kier alpha value is -2.40. The van der Waals surface area contributed by atoms with Gasteiger partial charge in [0.2, 0.25) is 0 Å². The summed E-state index contributed by atoms with van der Waals surface area (Å²) >= 11 is 0. The summed E-state index contributed by atoms with van der Waals surface area (Å²) in [6, 6.07) is 16.2. The molecule has 0 atom stereocenters. The summed E-state index contributed by atoms with van der Waals surface area (Å²) in [5.41, 5.74) is 3.29. The molecule has 1 nitrogen and oxygen atoms in total. The van der Waals surface area contributed by atoms with Crippen molar-refractivity contribution in [2.45, 2.75) is 6.92 Å².